The van der Waals surface area contributed by atoms with Gasteiger partial charge >= 0.3 is 0 Å². The molecule has 0 radical (unpaired) electrons. The summed E-state index contributed by atoms with van der Waals surface area (Å²) < 4.78 is 63.1. The van der Waals surface area contributed by atoms with E-state index in [1.54, 1.807) is 7.05 Å². The monoisotopic (exact) mass is 630 g/mol. The minimum Gasteiger partial charge on any atom is -0.342 e. The number of benzene rings is 2. The van der Waals surface area contributed by atoms with Crippen molar-refractivity contribution in [2.24, 2.45) is 14.1 Å². The van der Waals surface area contributed by atoms with Gasteiger partial charge < -0.3 is 9.13 Å². The predicted molar refractivity (Wildman–Crippen MR) is 160 cm³/mol. The van der Waals surface area contributed by atoms with Gasteiger partial charge in [0.1, 0.15) is 23.3 Å². The van der Waals surface area contributed by atoms with Gasteiger partial charge in [-0.15, -0.1) is 22.7 Å². The van der Waals surface area contributed by atoms with E-state index in [2.05, 4.69) is 0 Å². The van der Waals surface area contributed by atoms with E-state index in [1.807, 2.05) is 28.3 Å². The van der Waals surface area contributed by atoms with Gasteiger partial charge in [0.15, 0.2) is 0 Å². The molecule has 2 aromatic carbocycles. The number of hydrogen-bond donors (Lipinski definition) is 0. The van der Waals surface area contributed by atoms with Crippen LogP contribution in [-0.4, -0.2) is 32.3 Å². The highest BCUT2D eigenvalue weighted by atomic mass is 32.1. The predicted octanol–water partition coefficient (Wildman–Crippen LogP) is 7.11. The van der Waals surface area contributed by atoms with E-state index < -0.39 is 57.5 Å². The lowest BCUT2D eigenvalue weighted by Crippen LogP contribution is -2.07. The number of hydrogen-bond acceptors (Lipinski definition) is 6. The molecular weight excluding hydrogens is 616 g/mol. The molecule has 0 fully saturated rings. The maximum atomic E-state index is 14.3. The lowest BCUT2D eigenvalue weighted by Gasteiger charge is -2.04. The summed E-state index contributed by atoms with van der Waals surface area (Å²) in [6, 6.07) is 6.77. The number of rotatable bonds is 2. The molecule has 2 aliphatic carbocycles. The van der Waals surface area contributed by atoms with Crippen LogP contribution in [-0.2, 0) is 23.7 Å². The van der Waals surface area contributed by atoms with Crippen LogP contribution in [0.3, 0.4) is 0 Å². The molecule has 2 aliphatic rings. The molecule has 6 nitrogen and oxygen atoms in total. The summed E-state index contributed by atoms with van der Waals surface area (Å²) in [5, 5.41) is 0. The summed E-state index contributed by atoms with van der Waals surface area (Å²) in [5.74, 6) is -7.77. The number of aryl methyl sites for hydroxylation is 2. The zero-order valence-electron chi connectivity index (χ0n) is 22.5. The number of ketones is 4. The fourth-order valence-electron chi connectivity index (χ4n) is 6.15. The van der Waals surface area contributed by atoms with Crippen LogP contribution in [0, 0.1) is 23.3 Å². The first-order valence-corrected chi connectivity index (χ1v) is 14.7. The Kier molecular flexibility index (Phi) is 5.34. The third-order valence-electron chi connectivity index (χ3n) is 8.15. The molecule has 12 heteroatoms. The Hall–Kier alpha value is -4.94. The lowest BCUT2D eigenvalue weighted by molar-refractivity contribution is -0.110. The number of thiophene rings is 2. The number of halogens is 4. The average Bonchev–Trinajstić information content (AvgIpc) is 3.75. The molecule has 216 valence electrons. The van der Waals surface area contributed by atoms with E-state index >= 15 is 0 Å². The Morgan fingerprint density at radius 3 is 1.77 bits per heavy atom. The van der Waals surface area contributed by atoms with Crippen molar-refractivity contribution in [2.75, 3.05) is 0 Å². The van der Waals surface area contributed by atoms with Crippen LogP contribution in [0.5, 0.6) is 0 Å². The summed E-state index contributed by atoms with van der Waals surface area (Å²) in [6.07, 6.45) is 2.94. The molecule has 0 bridgehead atoms. The van der Waals surface area contributed by atoms with Crippen LogP contribution >= 0.6 is 22.7 Å². The van der Waals surface area contributed by atoms with Gasteiger partial charge in [-0.3, -0.25) is 19.2 Å². The smallest absolute Gasteiger partial charge is 0.237 e. The maximum absolute atomic E-state index is 14.3. The summed E-state index contributed by atoms with van der Waals surface area (Å²) in [7, 11) is 3.64. The third-order valence-corrected chi connectivity index (χ3v) is 10.5. The highest BCUT2D eigenvalue weighted by Crippen LogP contribution is 2.46. The molecule has 4 heterocycles. The van der Waals surface area contributed by atoms with Gasteiger partial charge in [-0.1, -0.05) is 0 Å². The van der Waals surface area contributed by atoms with Gasteiger partial charge in [0, 0.05) is 59.1 Å². The van der Waals surface area contributed by atoms with Gasteiger partial charge in [0.25, 0.3) is 0 Å². The summed E-state index contributed by atoms with van der Waals surface area (Å²) in [4.78, 5) is 50.9. The molecule has 0 spiro atoms. The minimum absolute atomic E-state index is 0.0681. The van der Waals surface area contributed by atoms with Crippen LogP contribution in [0.2, 0.25) is 0 Å². The second kappa shape index (κ2) is 8.80. The molecule has 0 saturated heterocycles. The van der Waals surface area contributed by atoms with Gasteiger partial charge in [-0.05, 0) is 36.4 Å². The molecule has 8 rings (SSSR count). The second-order valence-corrected chi connectivity index (χ2v) is 12.7. The van der Waals surface area contributed by atoms with Crippen molar-refractivity contribution in [1.82, 2.24) is 9.13 Å². The minimum atomic E-state index is -1.08. The summed E-state index contributed by atoms with van der Waals surface area (Å²) in [5.41, 5.74) is 1.93. The van der Waals surface area contributed by atoms with Crippen LogP contribution in [0.1, 0.15) is 42.4 Å². The fourth-order valence-corrected chi connectivity index (χ4v) is 8.73. The molecule has 0 saturated carbocycles. The fraction of sp³-hybridized carbons (Fsp3) is 0.0625. The molecule has 0 unspecified atom stereocenters. The Bertz CT molecular complexity index is 2490. The molecule has 0 atom stereocenters. The molecule has 0 N–H and O–H groups in total. The zero-order valence-corrected chi connectivity index (χ0v) is 24.1. The number of carbonyl (C=O) groups excluding carboxylic acids is 4. The first-order valence-electron chi connectivity index (χ1n) is 13.0. The first kappa shape index (κ1) is 26.7. The van der Waals surface area contributed by atoms with Crippen molar-refractivity contribution in [3.8, 4) is 0 Å². The largest absolute Gasteiger partial charge is 0.342 e. The quantitative estimate of drug-likeness (QED) is 0.116. The number of allylic oxidation sites excluding steroid dienone is 2. The first-order chi connectivity index (χ1) is 20.9. The SMILES string of the molecule is Cn1c(/C=C2\C(=O)C(=O)c3c(F)cc(F)cc32)cc2sc3c4sc(/C=C5\C(=O)C(=O)c6c(F)cc(F)cc65)cc4n(C)c3c21. The number of fused-ring (bicyclic) bond motifs is 7. The molecule has 0 aliphatic heterocycles. The van der Waals surface area contributed by atoms with Gasteiger partial charge in [0.05, 0.1) is 41.8 Å². The molecular formula is C32H14F4N2O4S2. The Balaban J connectivity index is 1.25. The van der Waals surface area contributed by atoms with Crippen LogP contribution in [0.4, 0.5) is 17.6 Å². The Labute approximate surface area is 251 Å². The second-order valence-electron chi connectivity index (χ2n) is 10.6. The van der Waals surface area contributed by atoms with Crippen molar-refractivity contribution in [3.05, 3.63) is 92.5 Å². The number of nitrogens with zero attached hydrogens (tertiary/aromatic N) is 2. The summed E-state index contributed by atoms with van der Waals surface area (Å²) in [6.45, 7) is 0. The van der Waals surface area contributed by atoms with Gasteiger partial charge in [-0.25, -0.2) is 17.6 Å². The normalized spacial score (nSPS) is 16.7. The van der Waals surface area contributed by atoms with Crippen LogP contribution < -0.4 is 0 Å². The third kappa shape index (κ3) is 3.40. The number of Topliss-reactive ketones (excluding diaryl/α,β-unsaturated/α-hetero) is 4. The van der Waals surface area contributed by atoms with E-state index in [0.29, 0.717) is 22.7 Å². The van der Waals surface area contributed by atoms with Crippen molar-refractivity contribution < 1.29 is 36.7 Å². The van der Waals surface area contributed by atoms with Crippen molar-refractivity contribution >= 4 is 99.8 Å². The molecule has 4 aromatic heterocycles. The maximum Gasteiger partial charge on any atom is 0.237 e. The van der Waals surface area contributed by atoms with E-state index in [-0.39, 0.29) is 22.3 Å². The van der Waals surface area contributed by atoms with Crippen LogP contribution in [0.25, 0.3) is 53.9 Å². The summed E-state index contributed by atoms with van der Waals surface area (Å²) >= 11 is 2.83. The van der Waals surface area contributed by atoms with E-state index in [0.717, 1.165) is 42.8 Å². The average molecular weight is 631 g/mol. The van der Waals surface area contributed by atoms with E-state index in [1.165, 1.54) is 34.8 Å². The van der Waals surface area contributed by atoms with E-state index in [9.17, 15) is 36.7 Å². The van der Waals surface area contributed by atoms with Gasteiger partial charge in [-0.2, -0.15) is 0 Å². The number of aromatic nitrogens is 2. The van der Waals surface area contributed by atoms with Crippen molar-refractivity contribution in [1.29, 1.82) is 0 Å². The van der Waals surface area contributed by atoms with Gasteiger partial charge in [0.2, 0.25) is 23.1 Å². The van der Waals surface area contributed by atoms with Crippen LogP contribution in [0.15, 0.2) is 36.4 Å². The van der Waals surface area contributed by atoms with E-state index in [4.69, 9.17) is 0 Å². The highest BCUT2D eigenvalue weighted by Gasteiger charge is 2.38. The molecule has 6 aromatic rings. The molecule has 44 heavy (non-hydrogen) atoms. The standard InChI is InChI=1S/C32H14F4N2O4S2/c1-37-13(7-17-15-3-11(33)5-19(35)23(15)29(41)27(17)39)8-22-25(37)26-32(44-22)31-21(38(26)2)10-14(43-31)9-18-16-4-12(34)6-20(36)24(16)30(42)28(18)40/h3-10H,1-2H3/b17-7-,18-9-. The van der Waals surface area contributed by atoms with Crippen molar-refractivity contribution in [3.63, 3.8) is 0 Å². The Morgan fingerprint density at radius 1 is 0.614 bits per heavy atom. The highest BCUT2D eigenvalue weighted by molar-refractivity contribution is 7.31. The lowest BCUT2D eigenvalue weighted by atomic mass is 10.1. The Morgan fingerprint density at radius 2 is 1.18 bits per heavy atom. The van der Waals surface area contributed by atoms with Crippen molar-refractivity contribution in [2.45, 2.75) is 0 Å². The molecule has 0 amide bonds. The topological polar surface area (TPSA) is 78.1 Å². The zero-order chi connectivity index (χ0) is 30.9. The number of carbonyl (C=O) groups is 4.